The van der Waals surface area contributed by atoms with E-state index >= 15 is 0 Å². The largest absolute Gasteiger partial charge is 0.416 e. The van der Waals surface area contributed by atoms with Crippen LogP contribution in [0.3, 0.4) is 0 Å². The Hall–Kier alpha value is -2.80. The standard InChI is InChI=1S/C19H14F3N3S/c1-3-26-12(2)17-18(25-16-10-5-4-9-15(16)24-17)23-14-8-6-7-13(11-14)19(20,21)22/h3-11H,1-2H2,(H,23,25). The minimum Gasteiger partial charge on any atom is -0.338 e. The molecule has 0 atom stereocenters. The molecular weight excluding hydrogens is 359 g/mol. The molecule has 3 aromatic rings. The molecule has 0 unspecified atom stereocenters. The number of hydrogen-bond acceptors (Lipinski definition) is 4. The van der Waals surface area contributed by atoms with Gasteiger partial charge in [-0.25, -0.2) is 9.97 Å². The molecule has 0 radical (unpaired) electrons. The molecule has 132 valence electrons. The first-order valence-electron chi connectivity index (χ1n) is 7.56. The first-order valence-corrected chi connectivity index (χ1v) is 8.44. The average molecular weight is 373 g/mol. The Morgan fingerprint density at radius 2 is 1.73 bits per heavy atom. The van der Waals surface area contributed by atoms with E-state index in [9.17, 15) is 13.2 Å². The zero-order chi connectivity index (χ0) is 18.7. The maximum Gasteiger partial charge on any atom is 0.416 e. The first kappa shape index (κ1) is 18.0. The van der Waals surface area contributed by atoms with Crippen molar-refractivity contribution in [1.29, 1.82) is 0 Å². The number of benzene rings is 2. The third kappa shape index (κ3) is 3.88. The normalized spacial score (nSPS) is 11.3. The van der Waals surface area contributed by atoms with Gasteiger partial charge in [0, 0.05) is 10.6 Å². The highest BCUT2D eigenvalue weighted by Crippen LogP contribution is 2.34. The van der Waals surface area contributed by atoms with Crippen LogP contribution in [0.1, 0.15) is 11.3 Å². The molecular formula is C19H14F3N3S. The fourth-order valence-electron chi connectivity index (χ4n) is 2.35. The number of hydrogen-bond donors (Lipinski definition) is 1. The summed E-state index contributed by atoms with van der Waals surface area (Å²) in [6.07, 6.45) is -4.42. The van der Waals surface area contributed by atoms with E-state index in [0.717, 1.165) is 12.1 Å². The van der Waals surface area contributed by atoms with Gasteiger partial charge in [0.25, 0.3) is 0 Å². The topological polar surface area (TPSA) is 37.8 Å². The summed E-state index contributed by atoms with van der Waals surface area (Å²) in [5.74, 6) is 0.336. The number of halogens is 3. The fourth-order valence-corrected chi connectivity index (χ4v) is 2.80. The summed E-state index contributed by atoms with van der Waals surface area (Å²) >= 11 is 1.27. The molecule has 0 amide bonds. The summed E-state index contributed by atoms with van der Waals surface area (Å²) in [4.78, 5) is 9.64. The van der Waals surface area contributed by atoms with E-state index < -0.39 is 11.7 Å². The third-order valence-corrected chi connectivity index (χ3v) is 4.16. The molecule has 0 saturated carbocycles. The van der Waals surface area contributed by atoms with Crippen LogP contribution in [-0.2, 0) is 6.18 Å². The lowest BCUT2D eigenvalue weighted by Gasteiger charge is -2.14. The quantitative estimate of drug-likeness (QED) is 0.574. The highest BCUT2D eigenvalue weighted by Gasteiger charge is 2.30. The van der Waals surface area contributed by atoms with Gasteiger partial charge in [-0.1, -0.05) is 43.1 Å². The molecule has 7 heteroatoms. The van der Waals surface area contributed by atoms with Gasteiger partial charge in [-0.3, -0.25) is 0 Å². The Bertz CT molecular complexity index is 983. The number of nitrogens with zero attached hydrogens (tertiary/aromatic N) is 2. The summed E-state index contributed by atoms with van der Waals surface area (Å²) in [5, 5.41) is 4.54. The number of nitrogens with one attached hydrogen (secondary N) is 1. The van der Waals surface area contributed by atoms with Crippen LogP contribution in [0.2, 0.25) is 0 Å². The summed E-state index contributed by atoms with van der Waals surface area (Å²) < 4.78 is 38.8. The van der Waals surface area contributed by atoms with Crippen LogP contribution in [0.5, 0.6) is 0 Å². The van der Waals surface area contributed by atoms with Gasteiger partial charge in [0.05, 0.1) is 16.6 Å². The molecule has 3 rings (SSSR count). The third-order valence-electron chi connectivity index (χ3n) is 3.51. The van der Waals surface area contributed by atoms with E-state index in [0.29, 0.717) is 27.5 Å². The van der Waals surface area contributed by atoms with E-state index in [-0.39, 0.29) is 5.69 Å². The second-order valence-corrected chi connectivity index (χ2v) is 6.38. The second-order valence-electron chi connectivity index (χ2n) is 5.32. The number of aromatic nitrogens is 2. The number of rotatable bonds is 5. The van der Waals surface area contributed by atoms with Gasteiger partial charge < -0.3 is 5.32 Å². The van der Waals surface area contributed by atoms with E-state index in [1.54, 1.807) is 17.5 Å². The van der Waals surface area contributed by atoms with Gasteiger partial charge in [0.15, 0.2) is 5.82 Å². The van der Waals surface area contributed by atoms with Crippen molar-refractivity contribution in [2.24, 2.45) is 0 Å². The lowest BCUT2D eigenvalue weighted by Crippen LogP contribution is -2.06. The van der Waals surface area contributed by atoms with Crippen molar-refractivity contribution in [2.75, 3.05) is 5.32 Å². The molecule has 3 nitrogen and oxygen atoms in total. The zero-order valence-electron chi connectivity index (χ0n) is 13.5. The monoisotopic (exact) mass is 373 g/mol. The summed E-state index contributed by atoms with van der Waals surface area (Å²) in [7, 11) is 0. The van der Waals surface area contributed by atoms with Crippen molar-refractivity contribution >= 4 is 39.2 Å². The molecule has 1 N–H and O–H groups in total. The highest BCUT2D eigenvalue weighted by atomic mass is 32.2. The van der Waals surface area contributed by atoms with Crippen molar-refractivity contribution in [2.45, 2.75) is 6.18 Å². The van der Waals surface area contributed by atoms with Crippen molar-refractivity contribution in [1.82, 2.24) is 9.97 Å². The van der Waals surface area contributed by atoms with Crippen molar-refractivity contribution in [3.8, 4) is 0 Å². The summed E-state index contributed by atoms with van der Waals surface area (Å²) in [6, 6.07) is 12.2. The van der Waals surface area contributed by atoms with Crippen molar-refractivity contribution < 1.29 is 13.2 Å². The maximum atomic E-state index is 12.9. The highest BCUT2D eigenvalue weighted by molar-refractivity contribution is 8.10. The molecule has 0 saturated heterocycles. The average Bonchev–Trinajstić information content (AvgIpc) is 2.61. The number of anilines is 2. The maximum absolute atomic E-state index is 12.9. The molecule has 1 aromatic heterocycles. The lowest BCUT2D eigenvalue weighted by atomic mass is 10.2. The first-order chi connectivity index (χ1) is 12.4. The van der Waals surface area contributed by atoms with Gasteiger partial charge >= 0.3 is 6.18 Å². The summed E-state index contributed by atoms with van der Waals surface area (Å²) in [6.45, 7) is 7.60. The van der Waals surface area contributed by atoms with E-state index in [1.165, 1.54) is 17.8 Å². The van der Waals surface area contributed by atoms with Gasteiger partial charge in [-0.15, -0.1) is 0 Å². The minimum atomic E-state index is -4.42. The minimum absolute atomic E-state index is 0.266. The molecule has 0 fully saturated rings. The van der Waals surface area contributed by atoms with Crippen molar-refractivity contribution in [3.63, 3.8) is 0 Å². The van der Waals surface area contributed by atoms with Crippen molar-refractivity contribution in [3.05, 3.63) is 78.4 Å². The Morgan fingerprint density at radius 3 is 2.38 bits per heavy atom. The molecule has 26 heavy (non-hydrogen) atoms. The van der Waals surface area contributed by atoms with Crippen LogP contribution in [0.25, 0.3) is 15.9 Å². The molecule has 0 spiro atoms. The summed E-state index contributed by atoms with van der Waals surface area (Å²) in [5.41, 5.74) is 1.29. The number of fused-ring (bicyclic) bond motifs is 1. The van der Waals surface area contributed by atoms with Gasteiger partial charge in [0.1, 0.15) is 5.69 Å². The van der Waals surface area contributed by atoms with Crippen LogP contribution < -0.4 is 5.32 Å². The van der Waals surface area contributed by atoms with Crippen LogP contribution >= 0.6 is 11.8 Å². The second kappa shape index (κ2) is 7.21. The number of thioether (sulfide) groups is 1. The van der Waals surface area contributed by atoms with E-state index in [1.807, 2.05) is 18.2 Å². The van der Waals surface area contributed by atoms with Crippen LogP contribution in [0, 0.1) is 0 Å². The SMILES string of the molecule is C=CSC(=C)c1nc2ccccc2nc1Nc1cccc(C(F)(F)F)c1. The lowest BCUT2D eigenvalue weighted by molar-refractivity contribution is -0.137. The van der Waals surface area contributed by atoms with Gasteiger partial charge in [-0.2, -0.15) is 13.2 Å². The molecule has 2 aromatic carbocycles. The fraction of sp³-hybridized carbons (Fsp3) is 0.0526. The van der Waals surface area contributed by atoms with Gasteiger partial charge in [-0.05, 0) is 35.7 Å². The number of para-hydroxylation sites is 2. The van der Waals surface area contributed by atoms with Crippen LogP contribution in [-0.4, -0.2) is 9.97 Å². The van der Waals surface area contributed by atoms with E-state index in [4.69, 9.17) is 0 Å². The Balaban J connectivity index is 2.07. The zero-order valence-corrected chi connectivity index (χ0v) is 14.4. The Kier molecular flexibility index (Phi) is 4.99. The molecule has 0 aliphatic heterocycles. The van der Waals surface area contributed by atoms with E-state index in [2.05, 4.69) is 28.4 Å². The van der Waals surface area contributed by atoms with Gasteiger partial charge in [0.2, 0.25) is 0 Å². The Labute approximate surface area is 152 Å². The van der Waals surface area contributed by atoms with Crippen LogP contribution in [0.15, 0.2) is 67.1 Å². The molecule has 0 aliphatic rings. The predicted octanol–water partition coefficient (Wildman–Crippen LogP) is 6.24. The number of alkyl halides is 3. The molecule has 0 bridgehead atoms. The molecule has 0 aliphatic carbocycles. The molecule has 1 heterocycles. The van der Waals surface area contributed by atoms with Crippen LogP contribution in [0.4, 0.5) is 24.7 Å². The smallest absolute Gasteiger partial charge is 0.338 e. The predicted molar refractivity (Wildman–Crippen MR) is 101 cm³/mol. The Morgan fingerprint density at radius 1 is 1.04 bits per heavy atom.